The van der Waals surface area contributed by atoms with Gasteiger partial charge in [0.15, 0.2) is 0 Å². The molecule has 0 N–H and O–H groups in total. The van der Waals surface area contributed by atoms with Crippen LogP contribution in [0, 0.1) is 0 Å². The van der Waals surface area contributed by atoms with Crippen molar-refractivity contribution in [1.29, 1.82) is 0 Å². The van der Waals surface area contributed by atoms with E-state index in [-0.39, 0.29) is 11.9 Å². The zero-order chi connectivity index (χ0) is 20.6. The third-order valence-corrected chi connectivity index (χ3v) is 4.51. The number of carbonyl (C=O) groups excluding carboxylic acids is 3. The number of carbonyl (C=O) groups is 3. The van der Waals surface area contributed by atoms with E-state index in [4.69, 9.17) is 9.47 Å². The summed E-state index contributed by atoms with van der Waals surface area (Å²) in [5.74, 6) is -0.258. The third kappa shape index (κ3) is 10.9. The summed E-state index contributed by atoms with van der Waals surface area (Å²) in [6, 6.07) is 6.06. The lowest BCUT2D eigenvalue weighted by Gasteiger charge is -2.08. The van der Waals surface area contributed by atoms with E-state index in [0.717, 1.165) is 57.7 Å². The van der Waals surface area contributed by atoms with Crippen LogP contribution in [0.1, 0.15) is 86.7 Å². The molecule has 5 heteroatoms. The minimum absolute atomic E-state index is 0.129. The van der Waals surface area contributed by atoms with Crippen molar-refractivity contribution >= 4 is 18.2 Å². The summed E-state index contributed by atoms with van der Waals surface area (Å²) in [5, 5.41) is 0. The Kier molecular flexibility index (Phi) is 12.6. The van der Waals surface area contributed by atoms with E-state index in [9.17, 15) is 14.4 Å². The Morgan fingerprint density at radius 1 is 0.750 bits per heavy atom. The SMILES string of the molecule is CCOC(=O)CCCCCc1cc(C=O)cc(CCCCCC(=O)OCC)c1. The summed E-state index contributed by atoms with van der Waals surface area (Å²) in [6.45, 7) is 4.50. The first-order valence-corrected chi connectivity index (χ1v) is 10.5. The first kappa shape index (κ1) is 23.9. The second-order valence-corrected chi connectivity index (χ2v) is 6.93. The molecular weight excluding hydrogens is 356 g/mol. The van der Waals surface area contributed by atoms with E-state index in [1.807, 2.05) is 26.0 Å². The normalized spacial score (nSPS) is 10.5. The molecule has 156 valence electrons. The molecule has 0 unspecified atom stereocenters. The molecule has 5 nitrogen and oxygen atoms in total. The Labute approximate surface area is 168 Å². The van der Waals surface area contributed by atoms with Gasteiger partial charge >= 0.3 is 11.9 Å². The molecule has 28 heavy (non-hydrogen) atoms. The van der Waals surface area contributed by atoms with Gasteiger partial charge in [0.25, 0.3) is 0 Å². The number of aldehydes is 1. The molecule has 1 aromatic rings. The molecule has 0 radical (unpaired) electrons. The second-order valence-electron chi connectivity index (χ2n) is 6.93. The lowest BCUT2D eigenvalue weighted by atomic mass is 9.98. The standard InChI is InChI=1S/C23H34O5/c1-3-27-22(25)13-9-5-7-11-19-15-20(17-21(16-19)18-24)12-8-6-10-14-23(26)28-4-2/h15-18H,3-14H2,1-2H3. The minimum Gasteiger partial charge on any atom is -0.466 e. The van der Waals surface area contributed by atoms with E-state index in [1.165, 1.54) is 11.1 Å². The molecule has 0 fully saturated rings. The van der Waals surface area contributed by atoms with Gasteiger partial charge in [-0.3, -0.25) is 14.4 Å². The molecule has 0 bridgehead atoms. The number of hydrogen-bond donors (Lipinski definition) is 0. The van der Waals surface area contributed by atoms with Crippen LogP contribution in [0.15, 0.2) is 18.2 Å². The number of benzene rings is 1. The van der Waals surface area contributed by atoms with Gasteiger partial charge in [-0.25, -0.2) is 0 Å². The molecule has 0 saturated heterocycles. The fraction of sp³-hybridized carbons (Fsp3) is 0.609. The van der Waals surface area contributed by atoms with Gasteiger partial charge in [0.2, 0.25) is 0 Å². The number of ether oxygens (including phenoxy) is 2. The largest absolute Gasteiger partial charge is 0.466 e. The van der Waals surface area contributed by atoms with Crippen molar-refractivity contribution in [2.75, 3.05) is 13.2 Å². The van der Waals surface area contributed by atoms with Crippen molar-refractivity contribution in [3.05, 3.63) is 34.9 Å². The lowest BCUT2D eigenvalue weighted by molar-refractivity contribution is -0.144. The Morgan fingerprint density at radius 3 is 1.61 bits per heavy atom. The van der Waals surface area contributed by atoms with Crippen LogP contribution in [-0.2, 0) is 31.9 Å². The number of aryl methyl sites for hydroxylation is 2. The molecule has 0 aliphatic rings. The van der Waals surface area contributed by atoms with Gasteiger partial charge in [0.1, 0.15) is 6.29 Å². The Bertz CT molecular complexity index is 563. The number of esters is 2. The molecule has 0 amide bonds. The van der Waals surface area contributed by atoms with Crippen molar-refractivity contribution in [2.24, 2.45) is 0 Å². The fourth-order valence-electron chi connectivity index (χ4n) is 3.16. The van der Waals surface area contributed by atoms with Crippen LogP contribution in [0.3, 0.4) is 0 Å². The maximum atomic E-state index is 11.3. The molecule has 0 heterocycles. The molecule has 1 aromatic carbocycles. The van der Waals surface area contributed by atoms with Crippen LogP contribution in [-0.4, -0.2) is 31.4 Å². The molecule has 0 spiro atoms. The van der Waals surface area contributed by atoms with Crippen LogP contribution in [0.5, 0.6) is 0 Å². The Morgan fingerprint density at radius 2 is 1.21 bits per heavy atom. The maximum absolute atomic E-state index is 11.3. The third-order valence-electron chi connectivity index (χ3n) is 4.51. The van der Waals surface area contributed by atoms with Crippen LogP contribution >= 0.6 is 0 Å². The predicted octanol–water partition coefficient (Wildman–Crippen LogP) is 4.83. The average molecular weight is 391 g/mol. The van der Waals surface area contributed by atoms with Gasteiger partial charge in [0, 0.05) is 18.4 Å². The van der Waals surface area contributed by atoms with Crippen LogP contribution in [0.2, 0.25) is 0 Å². The summed E-state index contributed by atoms with van der Waals surface area (Å²) in [7, 11) is 0. The average Bonchev–Trinajstić information content (AvgIpc) is 2.67. The van der Waals surface area contributed by atoms with Gasteiger partial charge in [-0.15, -0.1) is 0 Å². The molecule has 1 rings (SSSR count). The van der Waals surface area contributed by atoms with Crippen LogP contribution in [0.25, 0.3) is 0 Å². The van der Waals surface area contributed by atoms with E-state index < -0.39 is 0 Å². The molecule has 0 aromatic heterocycles. The zero-order valence-corrected chi connectivity index (χ0v) is 17.3. The smallest absolute Gasteiger partial charge is 0.305 e. The van der Waals surface area contributed by atoms with Gasteiger partial charge in [-0.1, -0.05) is 18.9 Å². The van der Waals surface area contributed by atoms with Crippen molar-refractivity contribution < 1.29 is 23.9 Å². The summed E-state index contributed by atoms with van der Waals surface area (Å²) in [5.41, 5.74) is 3.05. The highest BCUT2D eigenvalue weighted by atomic mass is 16.5. The number of unbranched alkanes of at least 4 members (excludes halogenated alkanes) is 4. The highest BCUT2D eigenvalue weighted by Gasteiger charge is 2.05. The van der Waals surface area contributed by atoms with Gasteiger partial charge < -0.3 is 9.47 Å². The van der Waals surface area contributed by atoms with Crippen molar-refractivity contribution in [2.45, 2.75) is 78.1 Å². The van der Waals surface area contributed by atoms with Gasteiger partial charge in [0.05, 0.1) is 13.2 Å². The van der Waals surface area contributed by atoms with Crippen LogP contribution in [0.4, 0.5) is 0 Å². The summed E-state index contributed by atoms with van der Waals surface area (Å²) in [4.78, 5) is 33.9. The summed E-state index contributed by atoms with van der Waals surface area (Å²) < 4.78 is 9.86. The van der Waals surface area contributed by atoms with E-state index >= 15 is 0 Å². The monoisotopic (exact) mass is 390 g/mol. The van der Waals surface area contributed by atoms with Crippen molar-refractivity contribution in [3.63, 3.8) is 0 Å². The van der Waals surface area contributed by atoms with E-state index in [1.54, 1.807) is 0 Å². The lowest BCUT2D eigenvalue weighted by Crippen LogP contribution is -2.03. The Hall–Kier alpha value is -2.17. The van der Waals surface area contributed by atoms with Gasteiger partial charge in [-0.05, 0) is 75.6 Å². The molecular formula is C23H34O5. The highest BCUT2D eigenvalue weighted by molar-refractivity contribution is 5.75. The molecule has 0 aliphatic heterocycles. The van der Waals surface area contributed by atoms with E-state index in [2.05, 4.69) is 6.07 Å². The summed E-state index contributed by atoms with van der Waals surface area (Å²) in [6.07, 6.45) is 9.22. The second kappa shape index (κ2) is 14.8. The first-order valence-electron chi connectivity index (χ1n) is 10.5. The number of rotatable bonds is 15. The minimum atomic E-state index is -0.129. The fourth-order valence-corrected chi connectivity index (χ4v) is 3.16. The molecule has 0 saturated carbocycles. The summed E-state index contributed by atoms with van der Waals surface area (Å²) >= 11 is 0. The van der Waals surface area contributed by atoms with Crippen molar-refractivity contribution in [3.8, 4) is 0 Å². The molecule has 0 atom stereocenters. The number of hydrogen-bond acceptors (Lipinski definition) is 5. The van der Waals surface area contributed by atoms with Crippen LogP contribution < -0.4 is 0 Å². The predicted molar refractivity (Wildman–Crippen MR) is 109 cm³/mol. The highest BCUT2D eigenvalue weighted by Crippen LogP contribution is 2.16. The molecule has 0 aliphatic carbocycles. The quantitative estimate of drug-likeness (QED) is 0.244. The van der Waals surface area contributed by atoms with Crippen molar-refractivity contribution in [1.82, 2.24) is 0 Å². The topological polar surface area (TPSA) is 69.7 Å². The maximum Gasteiger partial charge on any atom is 0.305 e. The van der Waals surface area contributed by atoms with E-state index in [0.29, 0.717) is 31.6 Å². The zero-order valence-electron chi connectivity index (χ0n) is 17.3. The van der Waals surface area contributed by atoms with Gasteiger partial charge in [-0.2, -0.15) is 0 Å². The Balaban J connectivity index is 2.36. The first-order chi connectivity index (χ1) is 13.6.